The average Bonchev–Trinajstić information content (AvgIpc) is 2.62. The maximum absolute atomic E-state index is 11.4. The molecule has 4 N–H and O–H groups in total. The van der Waals surface area contributed by atoms with Crippen LogP contribution in [0.1, 0.15) is 29.6 Å². The summed E-state index contributed by atoms with van der Waals surface area (Å²) in [4.78, 5) is 22.4. The predicted molar refractivity (Wildman–Crippen MR) is 94.6 cm³/mol. The minimum Gasteiger partial charge on any atom is -1.00 e. The molecule has 2 aromatic heterocycles. The van der Waals surface area contributed by atoms with Crippen LogP contribution in [0, 0.1) is 0 Å². The van der Waals surface area contributed by atoms with E-state index in [1.54, 1.807) is 18.2 Å². The molecule has 0 atom stereocenters. The summed E-state index contributed by atoms with van der Waals surface area (Å²) < 4.78 is 4.03. The average molecular weight is 517 g/mol. The number of nitrogens with two attached hydrogens (primary N) is 1. The first-order valence-electron chi connectivity index (χ1n) is 8.35. The van der Waals surface area contributed by atoms with E-state index in [-0.39, 0.29) is 34.0 Å². The number of pyridine rings is 2. The van der Waals surface area contributed by atoms with Crippen molar-refractivity contribution in [1.29, 1.82) is 0 Å². The van der Waals surface area contributed by atoms with E-state index in [1.165, 1.54) is 0 Å². The number of carbonyl (C=O) groups excluding carboxylic acids is 2. The van der Waals surface area contributed by atoms with Crippen LogP contribution in [0.2, 0.25) is 0 Å². The van der Waals surface area contributed by atoms with E-state index in [9.17, 15) is 9.59 Å². The van der Waals surface area contributed by atoms with E-state index in [0.717, 1.165) is 38.6 Å². The summed E-state index contributed by atoms with van der Waals surface area (Å²) in [7, 11) is 0. The van der Waals surface area contributed by atoms with Crippen molar-refractivity contribution >= 4 is 23.7 Å². The molecule has 0 spiro atoms. The van der Waals surface area contributed by atoms with Crippen LogP contribution >= 0.6 is 0 Å². The van der Waals surface area contributed by atoms with Gasteiger partial charge in [-0.05, 0) is 12.5 Å². The quantitative estimate of drug-likeness (QED) is 0.102. The Balaban J connectivity index is 0.00000364. The molecule has 28 heavy (non-hydrogen) atoms. The Morgan fingerprint density at radius 1 is 1.04 bits per heavy atom. The topological polar surface area (TPSA) is 113 Å². The zero-order chi connectivity index (χ0) is 18.8. The van der Waals surface area contributed by atoms with E-state index in [0.29, 0.717) is 11.3 Å². The number of hydrogen-bond donors (Lipinski definition) is 3. The molecule has 0 aromatic carbocycles. The molecule has 0 radical (unpaired) electrons. The second kappa shape index (κ2) is 13.8. The number of hydrogen-bond acceptors (Lipinski definition) is 4. The van der Waals surface area contributed by atoms with Crippen molar-refractivity contribution in [3.63, 3.8) is 0 Å². The molecule has 0 unspecified atom stereocenters. The fourth-order valence-corrected chi connectivity index (χ4v) is 2.50. The van der Waals surface area contributed by atoms with Crippen LogP contribution < -0.4 is 54.1 Å². The van der Waals surface area contributed by atoms with Crippen LogP contribution in [0.25, 0.3) is 0 Å². The van der Waals surface area contributed by atoms with Crippen molar-refractivity contribution in [3.8, 4) is 0 Å². The Morgan fingerprint density at radius 2 is 1.68 bits per heavy atom. The minimum absolute atomic E-state index is 0. The Bertz CT molecular complexity index is 785. The second-order valence-corrected chi connectivity index (χ2v) is 5.81. The van der Waals surface area contributed by atoms with Gasteiger partial charge in [0.15, 0.2) is 24.8 Å². The van der Waals surface area contributed by atoms with Crippen LogP contribution in [0.15, 0.2) is 54.2 Å². The zero-order valence-electron chi connectivity index (χ0n) is 15.2. The Hall–Kier alpha value is -2.33. The summed E-state index contributed by atoms with van der Waals surface area (Å²) in [5.74, 6) is -0.902. The molecular formula is C18H23Br2N5O3. The molecule has 0 aliphatic rings. The van der Waals surface area contributed by atoms with Crippen LogP contribution in [0.4, 0.5) is 5.69 Å². The van der Waals surface area contributed by atoms with Crippen molar-refractivity contribution in [2.45, 2.75) is 32.4 Å². The number of aryl methyl sites for hydroxylation is 2. The first-order chi connectivity index (χ1) is 12.6. The number of nitrogens with one attached hydrogen (secondary N) is 1. The van der Waals surface area contributed by atoms with Crippen molar-refractivity contribution in [3.05, 3.63) is 54.6 Å². The molecule has 0 saturated carbocycles. The number of oxime groups is 1. The van der Waals surface area contributed by atoms with E-state index in [1.807, 2.05) is 40.0 Å². The van der Waals surface area contributed by atoms with Gasteiger partial charge in [-0.3, -0.25) is 9.59 Å². The molecule has 2 aromatic rings. The van der Waals surface area contributed by atoms with Gasteiger partial charge in [-0.15, -0.1) is 0 Å². The Labute approximate surface area is 184 Å². The van der Waals surface area contributed by atoms with Gasteiger partial charge in [-0.25, -0.2) is 9.13 Å². The largest absolute Gasteiger partial charge is 1.00 e. The molecule has 10 heteroatoms. The number of halogens is 2. The van der Waals surface area contributed by atoms with E-state index in [4.69, 9.17) is 10.9 Å². The number of unbranched alkanes of at least 4 members (excludes halogenated alkanes) is 2. The molecule has 8 nitrogen and oxygen atoms in total. The second-order valence-electron chi connectivity index (χ2n) is 5.81. The van der Waals surface area contributed by atoms with E-state index >= 15 is 0 Å². The highest BCUT2D eigenvalue weighted by molar-refractivity contribution is 6.31. The lowest BCUT2D eigenvalue weighted by Crippen LogP contribution is -3.00. The lowest BCUT2D eigenvalue weighted by molar-refractivity contribution is -0.700. The van der Waals surface area contributed by atoms with Crippen LogP contribution in [-0.2, 0) is 17.9 Å². The number of primary amides is 1. The Kier molecular flexibility index (Phi) is 12.6. The van der Waals surface area contributed by atoms with Gasteiger partial charge < -0.3 is 50.2 Å². The lowest BCUT2D eigenvalue weighted by atomic mass is 10.2. The number of anilines is 1. The van der Waals surface area contributed by atoms with Gasteiger partial charge in [-0.1, -0.05) is 5.16 Å². The number of amides is 2. The van der Waals surface area contributed by atoms with Gasteiger partial charge in [0.1, 0.15) is 25.0 Å². The predicted octanol–water partition coefficient (Wildman–Crippen LogP) is -5.36. The van der Waals surface area contributed by atoms with E-state index < -0.39 is 11.8 Å². The fourth-order valence-electron chi connectivity index (χ4n) is 2.50. The van der Waals surface area contributed by atoms with Crippen LogP contribution in [-0.4, -0.2) is 23.2 Å². The lowest BCUT2D eigenvalue weighted by Gasteiger charge is -2.02. The maximum atomic E-state index is 11.4. The highest BCUT2D eigenvalue weighted by Gasteiger charge is 2.07. The summed E-state index contributed by atoms with van der Waals surface area (Å²) in [5, 5.41) is 13.6. The normalized spacial score (nSPS) is 10.0. The molecular weight excluding hydrogens is 494 g/mol. The zero-order valence-corrected chi connectivity index (χ0v) is 18.3. The third-order valence-electron chi connectivity index (χ3n) is 3.81. The monoisotopic (exact) mass is 515 g/mol. The van der Waals surface area contributed by atoms with Crippen LogP contribution in [0.5, 0.6) is 0 Å². The molecule has 2 rings (SSSR count). The summed E-state index contributed by atoms with van der Waals surface area (Å²) in [6.07, 6.45) is 11.4. The van der Waals surface area contributed by atoms with E-state index in [2.05, 4.69) is 10.5 Å². The third kappa shape index (κ3) is 9.05. The summed E-state index contributed by atoms with van der Waals surface area (Å²) >= 11 is 0. The standard InChI is InChI=1S/C18H21N5O3.2BrH/c19-18(25)15-6-11-22(12-7-15)8-2-1-3-9-23-10-4-5-16(14-23)21-17(24)13-20-26;;/h4-7,10-14H,1-3,8-9H2,(H2-2,19,21,24,25,26);2*1H. The SMILES string of the molecule is NC(=O)c1cc[n+](CCCCC[n+]2cccc(NC(=O)/C=N\O)c2)cc1.[Br-].[Br-]. The first-order valence-corrected chi connectivity index (χ1v) is 8.35. The van der Waals surface area contributed by atoms with Gasteiger partial charge in [-0.2, -0.15) is 0 Å². The summed E-state index contributed by atoms with van der Waals surface area (Å²) in [6.45, 7) is 1.71. The van der Waals surface area contributed by atoms with Gasteiger partial charge in [0, 0.05) is 31.0 Å². The summed E-state index contributed by atoms with van der Waals surface area (Å²) in [6, 6.07) is 7.06. The Morgan fingerprint density at radius 3 is 2.29 bits per heavy atom. The van der Waals surface area contributed by atoms with Crippen molar-refractivity contribution in [2.75, 3.05) is 5.32 Å². The van der Waals surface area contributed by atoms with Gasteiger partial charge in [0.05, 0.1) is 5.56 Å². The molecule has 2 amide bonds. The van der Waals surface area contributed by atoms with Gasteiger partial charge >= 0.3 is 0 Å². The third-order valence-corrected chi connectivity index (χ3v) is 3.81. The fraction of sp³-hybridized carbons (Fsp3) is 0.278. The molecule has 0 aliphatic carbocycles. The minimum atomic E-state index is -0.482. The molecule has 0 saturated heterocycles. The molecule has 152 valence electrons. The van der Waals surface area contributed by atoms with Crippen molar-refractivity contribution < 1.29 is 57.9 Å². The van der Waals surface area contributed by atoms with Gasteiger partial charge in [0.25, 0.3) is 5.91 Å². The molecule has 2 heterocycles. The number of carbonyl (C=O) groups is 2. The molecule has 0 aliphatic heterocycles. The number of aromatic nitrogens is 2. The van der Waals surface area contributed by atoms with Crippen molar-refractivity contribution in [1.82, 2.24) is 0 Å². The first kappa shape index (κ1) is 25.7. The van der Waals surface area contributed by atoms with Crippen molar-refractivity contribution in [2.24, 2.45) is 10.9 Å². The smallest absolute Gasteiger partial charge is 0.270 e. The highest BCUT2D eigenvalue weighted by atomic mass is 79.9. The highest BCUT2D eigenvalue weighted by Crippen LogP contribution is 2.02. The van der Waals surface area contributed by atoms with Gasteiger partial charge in [0.2, 0.25) is 5.91 Å². The maximum Gasteiger partial charge on any atom is 0.270 e. The number of nitrogens with zero attached hydrogens (tertiary/aromatic N) is 3. The number of rotatable bonds is 9. The van der Waals surface area contributed by atoms with Crippen LogP contribution in [0.3, 0.4) is 0 Å². The molecule has 0 bridgehead atoms. The molecule has 0 fully saturated rings. The summed E-state index contributed by atoms with van der Waals surface area (Å²) in [5.41, 5.74) is 6.37.